The van der Waals surface area contributed by atoms with Gasteiger partial charge >= 0.3 is 0 Å². The van der Waals surface area contributed by atoms with E-state index in [0.717, 1.165) is 18.4 Å². The zero-order valence-corrected chi connectivity index (χ0v) is 22.4. The minimum atomic E-state index is -0.792. The molecule has 198 valence electrons. The molecule has 0 bridgehead atoms. The number of nitrogens with one attached hydrogen (secondary N) is 2. The smallest absolute Gasteiger partial charge is 0.251 e. The predicted octanol–water partition coefficient (Wildman–Crippen LogP) is 5.43. The van der Waals surface area contributed by atoms with Gasteiger partial charge in [0.15, 0.2) is 0 Å². The fourth-order valence-corrected chi connectivity index (χ4v) is 4.87. The van der Waals surface area contributed by atoms with Crippen molar-refractivity contribution in [2.75, 3.05) is 18.4 Å². The van der Waals surface area contributed by atoms with Crippen molar-refractivity contribution in [1.29, 1.82) is 0 Å². The zero-order chi connectivity index (χ0) is 27.2. The van der Waals surface area contributed by atoms with Gasteiger partial charge < -0.3 is 15.5 Å². The number of likely N-dealkylation sites (tertiary alicyclic amines) is 1. The molecule has 0 spiro atoms. The molecule has 9 heteroatoms. The monoisotopic (exact) mass is 583 g/mol. The Hall–Kier alpha value is -3.59. The molecule has 2 N–H and O–H groups in total. The van der Waals surface area contributed by atoms with Crippen molar-refractivity contribution in [3.8, 4) is 0 Å². The molecule has 6 nitrogen and oxygen atoms in total. The Morgan fingerprint density at radius 1 is 0.974 bits per heavy atom. The van der Waals surface area contributed by atoms with Gasteiger partial charge in [-0.2, -0.15) is 0 Å². The topological polar surface area (TPSA) is 78.5 Å². The third kappa shape index (κ3) is 6.83. The van der Waals surface area contributed by atoms with Crippen LogP contribution in [0.5, 0.6) is 0 Å². The summed E-state index contributed by atoms with van der Waals surface area (Å²) in [7, 11) is 0. The first-order valence-corrected chi connectivity index (χ1v) is 13.2. The summed E-state index contributed by atoms with van der Waals surface area (Å²) in [5, 5.41) is 5.40. The molecule has 3 aromatic carbocycles. The summed E-state index contributed by atoms with van der Waals surface area (Å²) < 4.78 is 27.6. The molecule has 0 aromatic heterocycles. The van der Waals surface area contributed by atoms with Gasteiger partial charge in [0.1, 0.15) is 17.7 Å². The maximum atomic E-state index is 14.2. The van der Waals surface area contributed by atoms with Gasteiger partial charge in [-0.1, -0.05) is 24.3 Å². The molecule has 3 aromatic rings. The number of rotatable bonds is 7. The van der Waals surface area contributed by atoms with Crippen LogP contribution in [0.4, 0.5) is 14.5 Å². The molecule has 1 aliphatic heterocycles. The average molecular weight is 584 g/mol. The minimum Gasteiger partial charge on any atom is -0.342 e. The molecule has 1 atom stereocenters. The van der Waals surface area contributed by atoms with Crippen molar-refractivity contribution in [2.24, 2.45) is 0 Å². The number of halogens is 3. The SMILES string of the molecule is CC(NC(=O)c1ccc(F)cc1)C(=O)Nc1ccc(C2CCN(C(=O)Cc3cccc(Br)c3F)CC2)cc1. The van der Waals surface area contributed by atoms with Crippen LogP contribution in [0.15, 0.2) is 71.2 Å². The summed E-state index contributed by atoms with van der Waals surface area (Å²) in [6.07, 6.45) is 1.63. The lowest BCUT2D eigenvalue weighted by Gasteiger charge is -2.32. The molecule has 1 saturated heterocycles. The van der Waals surface area contributed by atoms with E-state index in [4.69, 9.17) is 0 Å². The molecule has 3 amide bonds. The molecule has 1 heterocycles. The van der Waals surface area contributed by atoms with Crippen LogP contribution < -0.4 is 10.6 Å². The van der Waals surface area contributed by atoms with Crippen molar-refractivity contribution in [1.82, 2.24) is 10.2 Å². The third-order valence-corrected chi connectivity index (χ3v) is 7.33. The Morgan fingerprint density at radius 2 is 1.63 bits per heavy atom. The van der Waals surface area contributed by atoms with Crippen LogP contribution in [0.3, 0.4) is 0 Å². The van der Waals surface area contributed by atoms with Gasteiger partial charge in [0, 0.05) is 24.3 Å². The normalized spacial score (nSPS) is 14.6. The van der Waals surface area contributed by atoms with Gasteiger partial charge in [-0.05, 0) is 95.2 Å². The van der Waals surface area contributed by atoms with E-state index in [-0.39, 0.29) is 29.7 Å². The van der Waals surface area contributed by atoms with E-state index < -0.39 is 23.6 Å². The van der Waals surface area contributed by atoms with E-state index in [9.17, 15) is 23.2 Å². The molecule has 38 heavy (non-hydrogen) atoms. The van der Waals surface area contributed by atoms with Gasteiger partial charge in [0.05, 0.1) is 10.9 Å². The second-order valence-electron chi connectivity index (χ2n) is 9.36. The predicted molar refractivity (Wildman–Crippen MR) is 145 cm³/mol. The number of nitrogens with zero attached hydrogens (tertiary/aromatic N) is 1. The van der Waals surface area contributed by atoms with Crippen molar-refractivity contribution in [3.63, 3.8) is 0 Å². The average Bonchev–Trinajstić information content (AvgIpc) is 2.92. The minimum absolute atomic E-state index is 0.0348. The maximum absolute atomic E-state index is 14.2. The van der Waals surface area contributed by atoms with Crippen LogP contribution in [-0.2, 0) is 16.0 Å². The van der Waals surface area contributed by atoms with E-state index in [2.05, 4.69) is 26.6 Å². The number of carbonyl (C=O) groups is 3. The number of hydrogen-bond acceptors (Lipinski definition) is 3. The standard InChI is InChI=1S/C29H28BrF2N3O3/c1-18(33-29(38)21-5-9-23(31)10-6-21)28(37)34-24-11-7-19(8-12-24)20-13-15-35(16-14-20)26(36)17-22-3-2-4-25(30)27(22)32/h2-12,18,20H,13-17H2,1H3,(H,33,38)(H,34,37). The van der Waals surface area contributed by atoms with Crippen LogP contribution in [0, 0.1) is 11.6 Å². The number of carbonyl (C=O) groups excluding carboxylic acids is 3. The molecule has 4 rings (SSSR count). The Morgan fingerprint density at radius 3 is 2.29 bits per heavy atom. The largest absolute Gasteiger partial charge is 0.342 e. The lowest BCUT2D eigenvalue weighted by atomic mass is 9.89. The van der Waals surface area contributed by atoms with E-state index in [1.165, 1.54) is 24.3 Å². The summed E-state index contributed by atoms with van der Waals surface area (Å²) >= 11 is 3.16. The van der Waals surface area contributed by atoms with Crippen LogP contribution in [0.1, 0.15) is 47.2 Å². The van der Waals surface area contributed by atoms with Crippen molar-refractivity contribution in [3.05, 3.63) is 99.5 Å². The molecule has 1 aliphatic rings. The number of piperidine rings is 1. The number of amides is 3. The van der Waals surface area contributed by atoms with E-state index >= 15 is 0 Å². The fraction of sp³-hybridized carbons (Fsp3) is 0.276. The molecule has 1 unspecified atom stereocenters. The highest BCUT2D eigenvalue weighted by Crippen LogP contribution is 2.29. The highest BCUT2D eigenvalue weighted by molar-refractivity contribution is 9.10. The van der Waals surface area contributed by atoms with Gasteiger partial charge in [0.25, 0.3) is 5.91 Å². The molecular weight excluding hydrogens is 556 g/mol. The fourth-order valence-electron chi connectivity index (χ4n) is 4.46. The van der Waals surface area contributed by atoms with Gasteiger partial charge in [-0.3, -0.25) is 14.4 Å². The third-order valence-electron chi connectivity index (χ3n) is 6.72. The Balaban J connectivity index is 1.25. The second kappa shape index (κ2) is 12.3. The molecule has 0 saturated carbocycles. The zero-order valence-electron chi connectivity index (χ0n) is 20.8. The first-order chi connectivity index (χ1) is 18.2. The van der Waals surface area contributed by atoms with Crippen LogP contribution in [-0.4, -0.2) is 41.8 Å². The molecule has 1 fully saturated rings. The molecule has 0 aliphatic carbocycles. The van der Waals surface area contributed by atoms with Gasteiger partial charge in [-0.15, -0.1) is 0 Å². The first-order valence-electron chi connectivity index (χ1n) is 12.4. The van der Waals surface area contributed by atoms with Crippen LogP contribution in [0.2, 0.25) is 0 Å². The number of benzene rings is 3. The molecular formula is C29H28BrF2N3O3. The summed E-state index contributed by atoms with van der Waals surface area (Å²) in [5.74, 6) is -1.48. The van der Waals surface area contributed by atoms with Crippen molar-refractivity contribution in [2.45, 2.75) is 38.1 Å². The van der Waals surface area contributed by atoms with Crippen molar-refractivity contribution < 1.29 is 23.2 Å². The number of anilines is 1. The van der Waals surface area contributed by atoms with E-state index in [1.54, 1.807) is 30.0 Å². The first kappa shape index (κ1) is 27.4. The van der Waals surface area contributed by atoms with E-state index in [1.807, 2.05) is 24.3 Å². The summed E-state index contributed by atoms with van der Waals surface area (Å²) in [4.78, 5) is 39.3. The summed E-state index contributed by atoms with van der Waals surface area (Å²) in [5.41, 5.74) is 2.37. The maximum Gasteiger partial charge on any atom is 0.251 e. The highest BCUT2D eigenvalue weighted by Gasteiger charge is 2.25. The van der Waals surface area contributed by atoms with Crippen LogP contribution in [0.25, 0.3) is 0 Å². The quantitative estimate of drug-likeness (QED) is 0.389. The molecule has 0 radical (unpaired) electrons. The lowest BCUT2D eigenvalue weighted by molar-refractivity contribution is -0.131. The Labute approximate surface area is 228 Å². The lowest BCUT2D eigenvalue weighted by Crippen LogP contribution is -2.41. The summed E-state index contributed by atoms with van der Waals surface area (Å²) in [6, 6.07) is 16.8. The summed E-state index contributed by atoms with van der Waals surface area (Å²) in [6.45, 7) is 2.77. The van der Waals surface area contributed by atoms with Crippen LogP contribution >= 0.6 is 15.9 Å². The van der Waals surface area contributed by atoms with Gasteiger partial charge in [-0.25, -0.2) is 8.78 Å². The Kier molecular flexibility index (Phi) is 8.89. The van der Waals surface area contributed by atoms with Gasteiger partial charge in [0.2, 0.25) is 11.8 Å². The Bertz CT molecular complexity index is 1310. The van der Waals surface area contributed by atoms with E-state index in [0.29, 0.717) is 28.8 Å². The van der Waals surface area contributed by atoms with Crippen molar-refractivity contribution >= 4 is 39.3 Å². The second-order valence-corrected chi connectivity index (χ2v) is 10.2. The highest BCUT2D eigenvalue weighted by atomic mass is 79.9. The number of hydrogen-bond donors (Lipinski definition) is 2.